The molecular weight excluding hydrogens is 364 g/mol. The predicted molar refractivity (Wildman–Crippen MR) is 136 cm³/mol. The summed E-state index contributed by atoms with van der Waals surface area (Å²) in [5.41, 5.74) is 0. The molecule has 0 saturated heterocycles. The van der Waals surface area contributed by atoms with Crippen LogP contribution in [-0.2, 0) is 0 Å². The lowest BCUT2D eigenvalue weighted by molar-refractivity contribution is 0.138. The highest BCUT2D eigenvalue weighted by Crippen LogP contribution is 2.22. The summed E-state index contributed by atoms with van der Waals surface area (Å²) in [6.45, 7) is 9.40. The van der Waals surface area contributed by atoms with Crippen molar-refractivity contribution in [3.8, 4) is 0 Å². The molecule has 0 fully saturated rings. The minimum Gasteiger partial charge on any atom is -0.356 e. The molecular formula is C28H56N2. The number of nitrogens with zero attached hydrogens (tertiary/aromatic N) is 2. The zero-order valence-corrected chi connectivity index (χ0v) is 21.2. The van der Waals surface area contributed by atoms with Crippen molar-refractivity contribution < 1.29 is 0 Å². The average molecular weight is 421 g/mol. The van der Waals surface area contributed by atoms with Crippen molar-refractivity contribution in [3.63, 3.8) is 0 Å². The van der Waals surface area contributed by atoms with Crippen molar-refractivity contribution in [2.75, 3.05) is 13.1 Å². The zero-order valence-electron chi connectivity index (χ0n) is 21.2. The molecule has 0 bridgehead atoms. The molecule has 1 atom stereocenters. The third-order valence-corrected chi connectivity index (χ3v) is 6.80. The molecule has 1 heterocycles. The van der Waals surface area contributed by atoms with Gasteiger partial charge in [0.2, 0.25) is 0 Å². The molecule has 0 amide bonds. The van der Waals surface area contributed by atoms with Crippen LogP contribution in [0.3, 0.4) is 0 Å². The van der Waals surface area contributed by atoms with E-state index in [1.807, 2.05) is 0 Å². The van der Waals surface area contributed by atoms with Gasteiger partial charge in [-0.25, -0.2) is 0 Å². The van der Waals surface area contributed by atoms with E-state index in [0.29, 0.717) is 6.17 Å². The highest BCUT2D eigenvalue weighted by atomic mass is 15.4. The van der Waals surface area contributed by atoms with Gasteiger partial charge in [-0.2, -0.15) is 0 Å². The second-order valence-electron chi connectivity index (χ2n) is 9.70. The molecule has 1 aliphatic rings. The maximum Gasteiger partial charge on any atom is 0.101 e. The van der Waals surface area contributed by atoms with Crippen molar-refractivity contribution in [1.29, 1.82) is 0 Å². The summed E-state index contributed by atoms with van der Waals surface area (Å²) in [7, 11) is 0. The molecule has 2 nitrogen and oxygen atoms in total. The minimum absolute atomic E-state index is 0.637. The number of hydrogen-bond donors (Lipinski definition) is 0. The SMILES string of the molecule is CCCCCCCCCCCCCCCCCCN1C=CN(CCCC)C1CCC. The van der Waals surface area contributed by atoms with Gasteiger partial charge >= 0.3 is 0 Å². The fourth-order valence-electron chi connectivity index (χ4n) is 4.78. The Kier molecular flexibility index (Phi) is 18.5. The molecule has 1 unspecified atom stereocenters. The maximum atomic E-state index is 2.61. The van der Waals surface area contributed by atoms with E-state index in [0.717, 1.165) is 0 Å². The van der Waals surface area contributed by atoms with E-state index in [-0.39, 0.29) is 0 Å². The van der Waals surface area contributed by atoms with E-state index in [4.69, 9.17) is 0 Å². The molecule has 1 aliphatic heterocycles. The van der Waals surface area contributed by atoms with Gasteiger partial charge in [0.05, 0.1) is 0 Å². The molecule has 0 aromatic rings. The van der Waals surface area contributed by atoms with E-state index in [2.05, 4.69) is 43.0 Å². The van der Waals surface area contributed by atoms with Gasteiger partial charge in [0.1, 0.15) is 6.17 Å². The van der Waals surface area contributed by atoms with E-state index >= 15 is 0 Å². The van der Waals surface area contributed by atoms with Gasteiger partial charge in [-0.15, -0.1) is 0 Å². The zero-order chi connectivity index (χ0) is 21.7. The summed E-state index contributed by atoms with van der Waals surface area (Å²) in [4.78, 5) is 5.20. The third kappa shape index (κ3) is 13.6. The van der Waals surface area contributed by atoms with E-state index in [9.17, 15) is 0 Å². The van der Waals surface area contributed by atoms with Crippen LogP contribution in [0.5, 0.6) is 0 Å². The van der Waals surface area contributed by atoms with Crippen LogP contribution in [0.4, 0.5) is 0 Å². The van der Waals surface area contributed by atoms with Gasteiger partial charge in [-0.05, 0) is 19.3 Å². The Hall–Kier alpha value is -0.660. The van der Waals surface area contributed by atoms with Crippen LogP contribution < -0.4 is 0 Å². The largest absolute Gasteiger partial charge is 0.356 e. The smallest absolute Gasteiger partial charge is 0.101 e. The Labute approximate surface area is 190 Å². The summed E-state index contributed by atoms with van der Waals surface area (Å²) in [5.74, 6) is 0. The van der Waals surface area contributed by atoms with Crippen LogP contribution in [0.1, 0.15) is 149 Å². The first-order valence-electron chi connectivity index (χ1n) is 14.0. The van der Waals surface area contributed by atoms with Crippen molar-refractivity contribution in [1.82, 2.24) is 9.80 Å². The number of rotatable bonds is 22. The van der Waals surface area contributed by atoms with Crippen molar-refractivity contribution in [3.05, 3.63) is 12.4 Å². The molecule has 0 spiro atoms. The molecule has 178 valence electrons. The highest BCUT2D eigenvalue weighted by Gasteiger charge is 2.24. The fraction of sp³-hybridized carbons (Fsp3) is 0.929. The standard InChI is InChI=1S/C28H56N2/c1-4-7-9-10-11-12-13-14-15-16-17-18-19-20-21-22-25-30-27-26-29(24-8-5-2)28(30)23-6-3/h26-28H,4-25H2,1-3H3. The van der Waals surface area contributed by atoms with Crippen LogP contribution >= 0.6 is 0 Å². The third-order valence-electron chi connectivity index (χ3n) is 6.80. The Morgan fingerprint density at radius 2 is 0.800 bits per heavy atom. The Morgan fingerprint density at radius 3 is 1.20 bits per heavy atom. The van der Waals surface area contributed by atoms with E-state index in [1.165, 1.54) is 142 Å². The van der Waals surface area contributed by atoms with Gasteiger partial charge in [0, 0.05) is 25.5 Å². The van der Waals surface area contributed by atoms with Gasteiger partial charge < -0.3 is 9.80 Å². The second-order valence-corrected chi connectivity index (χ2v) is 9.70. The first kappa shape index (κ1) is 27.4. The molecule has 0 radical (unpaired) electrons. The predicted octanol–water partition coefficient (Wildman–Crippen LogP) is 9.26. The molecule has 1 rings (SSSR count). The Balaban J connectivity index is 1.88. The fourth-order valence-corrected chi connectivity index (χ4v) is 4.78. The van der Waals surface area contributed by atoms with Crippen LogP contribution in [0.2, 0.25) is 0 Å². The minimum atomic E-state index is 0.637. The molecule has 0 aromatic heterocycles. The second kappa shape index (κ2) is 20.3. The molecule has 0 aromatic carbocycles. The summed E-state index contributed by atoms with van der Waals surface area (Å²) in [6, 6.07) is 0. The summed E-state index contributed by atoms with van der Waals surface area (Å²) in [6.07, 6.45) is 33.7. The quantitative estimate of drug-likeness (QED) is 0.161. The molecule has 2 heteroatoms. The Bertz CT molecular complexity index is 379. The topological polar surface area (TPSA) is 6.48 Å². The van der Waals surface area contributed by atoms with Gasteiger partial charge in [-0.1, -0.05) is 130 Å². The molecule has 0 saturated carbocycles. The van der Waals surface area contributed by atoms with Crippen molar-refractivity contribution in [2.24, 2.45) is 0 Å². The van der Waals surface area contributed by atoms with Crippen LogP contribution in [0.25, 0.3) is 0 Å². The first-order valence-corrected chi connectivity index (χ1v) is 14.0. The van der Waals surface area contributed by atoms with E-state index < -0.39 is 0 Å². The summed E-state index contributed by atoms with van der Waals surface area (Å²) in [5, 5.41) is 0. The van der Waals surface area contributed by atoms with Gasteiger partial charge in [0.25, 0.3) is 0 Å². The van der Waals surface area contributed by atoms with Crippen molar-refractivity contribution >= 4 is 0 Å². The van der Waals surface area contributed by atoms with Crippen molar-refractivity contribution in [2.45, 2.75) is 155 Å². The maximum absolute atomic E-state index is 2.61. The highest BCUT2D eigenvalue weighted by molar-refractivity contribution is 4.96. The number of unbranched alkanes of at least 4 members (excludes halogenated alkanes) is 16. The van der Waals surface area contributed by atoms with Crippen LogP contribution in [0.15, 0.2) is 12.4 Å². The molecule has 0 aliphatic carbocycles. The van der Waals surface area contributed by atoms with Gasteiger partial charge in [0.15, 0.2) is 0 Å². The molecule has 30 heavy (non-hydrogen) atoms. The summed E-state index contributed by atoms with van der Waals surface area (Å²) >= 11 is 0. The molecule has 0 N–H and O–H groups in total. The number of hydrogen-bond acceptors (Lipinski definition) is 2. The average Bonchev–Trinajstić information content (AvgIpc) is 3.13. The van der Waals surface area contributed by atoms with E-state index in [1.54, 1.807) is 0 Å². The lowest BCUT2D eigenvalue weighted by Gasteiger charge is -2.32. The lowest BCUT2D eigenvalue weighted by Crippen LogP contribution is -2.39. The normalized spacial score (nSPS) is 16.2. The monoisotopic (exact) mass is 420 g/mol. The van der Waals surface area contributed by atoms with Crippen LogP contribution in [-0.4, -0.2) is 29.1 Å². The van der Waals surface area contributed by atoms with Gasteiger partial charge in [-0.3, -0.25) is 0 Å². The Morgan fingerprint density at radius 1 is 0.433 bits per heavy atom. The first-order chi connectivity index (χ1) is 14.8. The lowest BCUT2D eigenvalue weighted by atomic mass is 10.0. The van der Waals surface area contributed by atoms with Crippen LogP contribution in [0, 0.1) is 0 Å². The summed E-state index contributed by atoms with van der Waals surface area (Å²) < 4.78 is 0.